The minimum absolute atomic E-state index is 0.175. The second-order valence-electron chi connectivity index (χ2n) is 1.80. The van der Waals surface area contributed by atoms with Crippen LogP contribution in [0.4, 0.5) is 4.79 Å². The van der Waals surface area contributed by atoms with Crippen LogP contribution in [0, 0.1) is 0 Å². The van der Waals surface area contributed by atoms with Gasteiger partial charge in [-0.1, -0.05) is 0 Å². The Morgan fingerprint density at radius 2 is 1.67 bits per heavy atom. The molecule has 0 aliphatic carbocycles. The minimum Gasteiger partial charge on any atom is -0.371 e. The number of urea groups is 1. The Morgan fingerprint density at radius 1 is 1.25 bits per heavy atom. The smallest absolute Gasteiger partial charge is 0.318 e. The highest BCUT2D eigenvalue weighted by Crippen LogP contribution is 1.88. The molecule has 0 rings (SSSR count). The topological polar surface area (TPSA) is 105 Å². The number of ether oxygens (including phenoxy) is 2. The van der Waals surface area contributed by atoms with Crippen LogP contribution in [0.3, 0.4) is 0 Å². The first-order valence-corrected chi connectivity index (χ1v) is 3.14. The van der Waals surface area contributed by atoms with Crippen molar-refractivity contribution in [3.05, 3.63) is 0 Å². The normalized spacial score (nSPS) is 9.83. The summed E-state index contributed by atoms with van der Waals surface area (Å²) in [7, 11) is 0. The number of nitrogens with two attached hydrogens (primary N) is 1. The lowest BCUT2D eigenvalue weighted by molar-refractivity contribution is -0.0924. The summed E-state index contributed by atoms with van der Waals surface area (Å²) in [4.78, 5) is 11.5. The van der Waals surface area contributed by atoms with Crippen LogP contribution in [0.15, 0.2) is 0 Å². The molecule has 2 amide bonds. The van der Waals surface area contributed by atoms with E-state index in [9.17, 15) is 4.79 Å². The van der Waals surface area contributed by atoms with E-state index >= 15 is 0 Å². The average molecular weight is 180 g/mol. The highest BCUT2D eigenvalue weighted by molar-refractivity contribution is 5.71. The van der Waals surface area contributed by atoms with Crippen molar-refractivity contribution in [1.29, 1.82) is 0 Å². The van der Waals surface area contributed by atoms with Crippen molar-refractivity contribution in [3.8, 4) is 0 Å². The zero-order valence-corrected chi connectivity index (χ0v) is 6.47. The van der Waals surface area contributed by atoms with Gasteiger partial charge in [-0.15, -0.1) is 0 Å². The van der Waals surface area contributed by atoms with Gasteiger partial charge in [0.15, 0.2) is 0 Å². The van der Waals surface area contributed by atoms with Crippen molar-refractivity contribution in [3.63, 3.8) is 0 Å². The summed E-state index contributed by atoms with van der Waals surface area (Å²) >= 11 is 0. The number of carbonyl (C=O) groups is 1. The number of hydrogen-bond acceptors (Lipinski definition) is 5. The molecule has 0 saturated heterocycles. The Hall–Kier alpha value is -0.890. The van der Waals surface area contributed by atoms with Gasteiger partial charge >= 0.3 is 6.03 Å². The lowest BCUT2D eigenvalue weighted by Crippen LogP contribution is -2.39. The molecule has 0 aromatic heterocycles. The second-order valence-corrected chi connectivity index (χ2v) is 1.80. The van der Waals surface area contributed by atoms with Gasteiger partial charge in [0.1, 0.15) is 27.0 Å². The van der Waals surface area contributed by atoms with E-state index in [4.69, 9.17) is 15.9 Å². The van der Waals surface area contributed by atoms with Gasteiger partial charge in [-0.2, -0.15) is 0 Å². The van der Waals surface area contributed by atoms with Gasteiger partial charge < -0.3 is 25.4 Å². The predicted octanol–water partition coefficient (Wildman–Crippen LogP) is -1.79. The fraction of sp³-hybridized carbons (Fsp3) is 0.800. The summed E-state index contributed by atoms with van der Waals surface area (Å²) in [5.41, 5.74) is 4.88. The maximum Gasteiger partial charge on any atom is 0.318 e. The molecule has 0 heterocycles. The molecule has 0 fully saturated rings. The summed E-state index contributed by atoms with van der Waals surface area (Å²) in [5, 5.41) is 16.5. The van der Waals surface area contributed by atoms with Crippen LogP contribution >= 0.6 is 0 Å². The summed E-state index contributed by atoms with van der Waals surface area (Å²) in [6.07, 6.45) is 0. The molecule has 0 unspecified atom stereocenters. The van der Waals surface area contributed by atoms with Gasteiger partial charge in [0.2, 0.25) is 0 Å². The molecule has 0 aliphatic rings. The zero-order valence-electron chi connectivity index (χ0n) is 6.47. The van der Waals surface area contributed by atoms with Crippen LogP contribution in [0.5, 0.6) is 0 Å². The third-order valence-electron chi connectivity index (χ3n) is 0.988. The summed E-state index contributed by atoms with van der Waals surface area (Å²) in [6, 6.07) is -0.753. The van der Waals surface area contributed by atoms with E-state index in [1.807, 2.05) is 0 Å². The maximum absolute atomic E-state index is 10.5. The Bertz CT molecular complexity index is 123. The molecule has 7 nitrogen and oxygen atoms in total. The fourth-order valence-corrected chi connectivity index (χ4v) is 0.467. The molecular formula is C5H12N2O5. The predicted molar refractivity (Wildman–Crippen MR) is 37.5 cm³/mol. The zero-order chi connectivity index (χ0) is 9.40. The molecule has 0 aliphatic heterocycles. The molecule has 12 heavy (non-hydrogen) atoms. The third-order valence-corrected chi connectivity index (χ3v) is 0.988. The van der Waals surface area contributed by atoms with Crippen LogP contribution in [0.1, 0.15) is 0 Å². The minimum atomic E-state index is -0.753. The van der Waals surface area contributed by atoms with Crippen molar-refractivity contribution in [1.82, 2.24) is 4.90 Å². The van der Waals surface area contributed by atoms with E-state index in [0.717, 1.165) is 4.90 Å². The summed E-state index contributed by atoms with van der Waals surface area (Å²) in [6.45, 7) is -1.37. The Morgan fingerprint density at radius 3 is 1.92 bits per heavy atom. The second kappa shape index (κ2) is 6.80. The van der Waals surface area contributed by atoms with Gasteiger partial charge in [0, 0.05) is 0 Å². The monoisotopic (exact) mass is 180 g/mol. The Balaban J connectivity index is 3.62. The highest BCUT2D eigenvalue weighted by Gasteiger charge is 2.08. The van der Waals surface area contributed by atoms with Gasteiger partial charge in [-0.3, -0.25) is 4.90 Å². The molecule has 0 spiro atoms. The van der Waals surface area contributed by atoms with Crippen LogP contribution < -0.4 is 5.73 Å². The number of primary amides is 1. The first kappa shape index (κ1) is 11.1. The average Bonchev–Trinajstić information content (AvgIpc) is 2.04. The Labute approximate surface area is 69.3 Å². The van der Waals surface area contributed by atoms with Gasteiger partial charge in [-0.25, -0.2) is 4.79 Å². The van der Waals surface area contributed by atoms with Crippen molar-refractivity contribution < 1.29 is 24.5 Å². The molecule has 0 aromatic rings. The standard InChI is InChI=1S/C5H12N2O5/c6-5(10)7(1-11-3-8)2-12-4-9/h8-9H,1-4H2,(H2,6,10). The number of amides is 2. The van der Waals surface area contributed by atoms with Crippen molar-refractivity contribution >= 4 is 6.03 Å². The summed E-state index contributed by atoms with van der Waals surface area (Å²) < 4.78 is 8.95. The molecule has 0 atom stereocenters. The van der Waals surface area contributed by atoms with E-state index in [1.54, 1.807) is 0 Å². The maximum atomic E-state index is 10.5. The molecule has 0 bridgehead atoms. The molecule has 0 saturated carbocycles. The quantitative estimate of drug-likeness (QED) is 0.419. The molecular weight excluding hydrogens is 168 g/mol. The van der Waals surface area contributed by atoms with E-state index < -0.39 is 19.6 Å². The van der Waals surface area contributed by atoms with Crippen LogP contribution in [0.25, 0.3) is 0 Å². The van der Waals surface area contributed by atoms with Crippen molar-refractivity contribution in [2.24, 2.45) is 5.73 Å². The fourth-order valence-electron chi connectivity index (χ4n) is 0.467. The number of hydrogen-bond donors (Lipinski definition) is 3. The summed E-state index contributed by atoms with van der Waals surface area (Å²) in [5.74, 6) is 0. The van der Waals surface area contributed by atoms with Crippen LogP contribution in [0.2, 0.25) is 0 Å². The van der Waals surface area contributed by atoms with Gasteiger partial charge in [0.05, 0.1) is 0 Å². The number of aliphatic hydroxyl groups excluding tert-OH is 2. The van der Waals surface area contributed by atoms with E-state index in [1.165, 1.54) is 0 Å². The number of nitrogens with zero attached hydrogens (tertiary/aromatic N) is 1. The lowest BCUT2D eigenvalue weighted by atomic mass is 10.8. The number of carbonyl (C=O) groups excluding carboxylic acids is 1. The number of rotatable bonds is 6. The SMILES string of the molecule is NC(=O)N(COCO)COCO. The largest absolute Gasteiger partial charge is 0.371 e. The first-order valence-electron chi connectivity index (χ1n) is 3.14. The Kier molecular flexibility index (Phi) is 6.29. The van der Waals surface area contributed by atoms with Crippen molar-refractivity contribution in [2.75, 3.05) is 27.0 Å². The first-order chi connectivity index (χ1) is 5.72. The molecule has 7 heteroatoms. The van der Waals surface area contributed by atoms with E-state index in [0.29, 0.717) is 0 Å². The highest BCUT2D eigenvalue weighted by atomic mass is 16.6. The van der Waals surface area contributed by atoms with Crippen LogP contribution in [-0.4, -0.2) is 48.2 Å². The molecule has 0 aromatic carbocycles. The van der Waals surface area contributed by atoms with E-state index in [2.05, 4.69) is 9.47 Å². The van der Waals surface area contributed by atoms with Gasteiger partial charge in [-0.05, 0) is 0 Å². The molecule has 0 radical (unpaired) electrons. The lowest BCUT2D eigenvalue weighted by Gasteiger charge is -2.18. The molecule has 4 N–H and O–H groups in total. The van der Waals surface area contributed by atoms with Crippen molar-refractivity contribution in [2.45, 2.75) is 0 Å². The van der Waals surface area contributed by atoms with Crippen LogP contribution in [-0.2, 0) is 9.47 Å². The number of aliphatic hydroxyl groups is 2. The third kappa shape index (κ3) is 4.85. The van der Waals surface area contributed by atoms with E-state index in [-0.39, 0.29) is 13.5 Å². The van der Waals surface area contributed by atoms with Gasteiger partial charge in [0.25, 0.3) is 0 Å². The molecule has 72 valence electrons.